The number of carbonyl (C=O) groups is 1. The molecule has 0 radical (unpaired) electrons. The number of hydrogen-bond acceptors (Lipinski definition) is 4. The van der Waals surface area contributed by atoms with Crippen LogP contribution in [0.15, 0.2) is 41.3 Å². The summed E-state index contributed by atoms with van der Waals surface area (Å²) in [7, 11) is -2.67. The van der Waals surface area contributed by atoms with Crippen molar-refractivity contribution in [2.75, 3.05) is 23.3 Å². The maximum absolute atomic E-state index is 13.9. The van der Waals surface area contributed by atoms with E-state index >= 15 is 0 Å². The van der Waals surface area contributed by atoms with E-state index in [1.54, 1.807) is 24.0 Å². The van der Waals surface area contributed by atoms with Crippen LogP contribution in [0.4, 0.5) is 15.8 Å². The predicted molar refractivity (Wildman–Crippen MR) is 101 cm³/mol. The lowest BCUT2D eigenvalue weighted by Crippen LogP contribution is -2.35. The molecule has 0 unspecified atom stereocenters. The number of halogens is 1. The normalized spacial score (nSPS) is 13.8. The van der Waals surface area contributed by atoms with Crippen molar-refractivity contribution in [2.45, 2.75) is 31.1 Å². The molecule has 2 aromatic carbocycles. The van der Waals surface area contributed by atoms with Crippen LogP contribution in [0.2, 0.25) is 0 Å². The summed E-state index contributed by atoms with van der Waals surface area (Å²) in [5, 5.41) is 0. The maximum Gasteiger partial charge on any atom is 0.262 e. The molecule has 3 rings (SSSR count). The number of methoxy groups -OCH3 is 1. The summed E-state index contributed by atoms with van der Waals surface area (Å²) in [6.45, 7) is 2.40. The van der Waals surface area contributed by atoms with Gasteiger partial charge in [-0.15, -0.1) is 0 Å². The Morgan fingerprint density at radius 3 is 2.70 bits per heavy atom. The number of nitrogens with one attached hydrogen (secondary N) is 1. The van der Waals surface area contributed by atoms with E-state index in [1.165, 1.54) is 19.2 Å². The number of nitrogens with zero attached hydrogens (tertiary/aromatic N) is 1. The van der Waals surface area contributed by atoms with Gasteiger partial charge in [-0.1, -0.05) is 13.0 Å². The molecule has 6 nitrogen and oxygen atoms in total. The molecule has 1 aliphatic heterocycles. The number of sulfonamides is 1. The van der Waals surface area contributed by atoms with Gasteiger partial charge in [-0.3, -0.25) is 9.52 Å². The highest BCUT2D eigenvalue weighted by Crippen LogP contribution is 2.31. The van der Waals surface area contributed by atoms with Crippen LogP contribution in [0, 0.1) is 5.82 Å². The van der Waals surface area contributed by atoms with E-state index in [-0.39, 0.29) is 16.6 Å². The van der Waals surface area contributed by atoms with Crippen molar-refractivity contribution < 1.29 is 22.3 Å². The molecule has 27 heavy (non-hydrogen) atoms. The van der Waals surface area contributed by atoms with Crippen LogP contribution in [0.3, 0.4) is 0 Å². The van der Waals surface area contributed by atoms with Gasteiger partial charge in [0.25, 0.3) is 10.0 Å². The first kappa shape index (κ1) is 19.2. The molecule has 0 saturated heterocycles. The highest BCUT2D eigenvalue weighted by Gasteiger charge is 2.23. The quantitative estimate of drug-likeness (QED) is 0.847. The lowest BCUT2D eigenvalue weighted by Gasteiger charge is -2.29. The summed E-state index contributed by atoms with van der Waals surface area (Å²) in [6.07, 6.45) is 2.08. The van der Waals surface area contributed by atoms with Crippen molar-refractivity contribution in [1.82, 2.24) is 0 Å². The zero-order valence-corrected chi connectivity index (χ0v) is 16.0. The van der Waals surface area contributed by atoms with E-state index < -0.39 is 15.8 Å². The average molecular weight is 392 g/mol. The maximum atomic E-state index is 13.9. The first-order valence-electron chi connectivity index (χ1n) is 8.65. The van der Waals surface area contributed by atoms with Crippen LogP contribution in [0.25, 0.3) is 0 Å². The molecule has 144 valence electrons. The monoisotopic (exact) mass is 392 g/mol. The topological polar surface area (TPSA) is 75.7 Å². The minimum Gasteiger partial charge on any atom is -0.494 e. The fourth-order valence-corrected chi connectivity index (χ4v) is 4.18. The molecule has 1 heterocycles. The highest BCUT2D eigenvalue weighted by molar-refractivity contribution is 7.92. The Bertz CT molecular complexity index is 976. The molecule has 1 N–H and O–H groups in total. The Labute approximate surface area is 158 Å². The van der Waals surface area contributed by atoms with Gasteiger partial charge in [0.2, 0.25) is 5.91 Å². The van der Waals surface area contributed by atoms with E-state index in [0.717, 1.165) is 24.5 Å². The molecule has 0 atom stereocenters. The third-order valence-corrected chi connectivity index (χ3v) is 5.87. The fraction of sp³-hybridized carbons (Fsp3) is 0.316. The van der Waals surface area contributed by atoms with Crippen molar-refractivity contribution in [3.05, 3.63) is 47.8 Å². The van der Waals surface area contributed by atoms with Gasteiger partial charge in [0.05, 0.1) is 17.7 Å². The van der Waals surface area contributed by atoms with E-state index in [1.807, 2.05) is 6.07 Å². The number of benzene rings is 2. The van der Waals surface area contributed by atoms with Gasteiger partial charge < -0.3 is 9.64 Å². The zero-order valence-electron chi connectivity index (χ0n) is 15.2. The average Bonchev–Trinajstić information content (AvgIpc) is 2.66. The number of hydrogen-bond donors (Lipinski definition) is 1. The Morgan fingerprint density at radius 2 is 2.04 bits per heavy atom. The van der Waals surface area contributed by atoms with Crippen molar-refractivity contribution in [3.63, 3.8) is 0 Å². The number of ether oxygens (including phenoxy) is 1. The molecule has 1 amide bonds. The standard InChI is InChI=1S/C19H21FN2O4S/c1-3-19(23)22-10-4-5-13-6-7-14(11-17(13)22)21-27(24,25)15-8-9-18(26-2)16(20)12-15/h6-9,11-12,21H,3-5,10H2,1-2H3. The first-order valence-corrected chi connectivity index (χ1v) is 10.1. The minimum atomic E-state index is -3.98. The second-order valence-electron chi connectivity index (χ2n) is 6.25. The first-order chi connectivity index (χ1) is 12.9. The summed E-state index contributed by atoms with van der Waals surface area (Å²) in [6, 6.07) is 8.56. The van der Waals surface area contributed by atoms with E-state index in [9.17, 15) is 17.6 Å². The number of rotatable bonds is 5. The molecule has 0 fully saturated rings. The summed E-state index contributed by atoms with van der Waals surface area (Å²) in [4.78, 5) is 13.7. The molecule has 0 saturated carbocycles. The van der Waals surface area contributed by atoms with Crippen molar-refractivity contribution in [2.24, 2.45) is 0 Å². The number of amides is 1. The third-order valence-electron chi connectivity index (χ3n) is 4.49. The van der Waals surface area contributed by atoms with Gasteiger partial charge in [-0.05, 0) is 48.7 Å². The lowest BCUT2D eigenvalue weighted by atomic mass is 10.0. The van der Waals surface area contributed by atoms with Crippen molar-refractivity contribution >= 4 is 27.3 Å². The van der Waals surface area contributed by atoms with Crippen molar-refractivity contribution in [3.8, 4) is 5.75 Å². The van der Waals surface area contributed by atoms with Gasteiger partial charge in [0.15, 0.2) is 11.6 Å². The van der Waals surface area contributed by atoms with Gasteiger partial charge in [0.1, 0.15) is 0 Å². The molecule has 2 aromatic rings. The molecule has 0 bridgehead atoms. The van der Waals surface area contributed by atoms with E-state index in [4.69, 9.17) is 4.74 Å². The summed E-state index contributed by atoms with van der Waals surface area (Å²) >= 11 is 0. The van der Waals surface area contributed by atoms with Crippen LogP contribution in [0.1, 0.15) is 25.3 Å². The van der Waals surface area contributed by atoms with Crippen molar-refractivity contribution in [1.29, 1.82) is 0 Å². The summed E-state index contributed by atoms with van der Waals surface area (Å²) in [5.74, 6) is -0.796. The molecule has 0 aliphatic carbocycles. The third kappa shape index (κ3) is 3.90. The number of anilines is 2. The van der Waals surface area contributed by atoms with E-state index in [2.05, 4.69) is 4.72 Å². The number of fused-ring (bicyclic) bond motifs is 1. The molecule has 1 aliphatic rings. The minimum absolute atomic E-state index is 0.00631. The Kier molecular flexibility index (Phi) is 5.36. The lowest BCUT2D eigenvalue weighted by molar-refractivity contribution is -0.118. The second-order valence-corrected chi connectivity index (χ2v) is 7.93. The van der Waals surface area contributed by atoms with Gasteiger partial charge in [-0.25, -0.2) is 12.8 Å². The predicted octanol–water partition coefficient (Wildman–Crippen LogP) is 3.32. The molecule has 0 spiro atoms. The smallest absolute Gasteiger partial charge is 0.262 e. The summed E-state index contributed by atoms with van der Waals surface area (Å²) < 4.78 is 46.3. The second kappa shape index (κ2) is 7.56. The van der Waals surface area contributed by atoms with Gasteiger partial charge in [0, 0.05) is 18.7 Å². The van der Waals surface area contributed by atoms with Gasteiger partial charge >= 0.3 is 0 Å². The van der Waals surface area contributed by atoms with Crippen LogP contribution in [-0.4, -0.2) is 28.0 Å². The largest absolute Gasteiger partial charge is 0.494 e. The Morgan fingerprint density at radius 1 is 1.26 bits per heavy atom. The molecular weight excluding hydrogens is 371 g/mol. The molecule has 8 heteroatoms. The van der Waals surface area contributed by atoms with Crippen LogP contribution in [-0.2, 0) is 21.2 Å². The SMILES string of the molecule is CCC(=O)N1CCCc2ccc(NS(=O)(=O)c3ccc(OC)c(F)c3)cc21. The van der Waals surface area contributed by atoms with Crippen LogP contribution in [0.5, 0.6) is 5.75 Å². The number of aryl methyl sites for hydroxylation is 1. The van der Waals surface area contributed by atoms with Gasteiger partial charge in [-0.2, -0.15) is 0 Å². The van der Waals surface area contributed by atoms with Crippen LogP contribution >= 0.6 is 0 Å². The van der Waals surface area contributed by atoms with Crippen LogP contribution < -0.4 is 14.4 Å². The fourth-order valence-electron chi connectivity index (χ4n) is 3.12. The van der Waals surface area contributed by atoms with E-state index in [0.29, 0.717) is 24.3 Å². The Hall–Kier alpha value is -2.61. The Balaban J connectivity index is 1.91. The molecular formula is C19H21FN2O4S. The summed E-state index contributed by atoms with van der Waals surface area (Å²) in [5.41, 5.74) is 2.04. The highest BCUT2D eigenvalue weighted by atomic mass is 32.2. The molecule has 0 aromatic heterocycles. The number of carbonyl (C=O) groups excluding carboxylic acids is 1. The zero-order chi connectivity index (χ0) is 19.6.